The number of carbonyl (C=O) groups excluding carboxylic acids is 2. The first-order valence-electron chi connectivity index (χ1n) is 8.09. The number of ether oxygens (including phenoxy) is 1. The van der Waals surface area contributed by atoms with E-state index in [-0.39, 0.29) is 16.9 Å². The van der Waals surface area contributed by atoms with Crippen LogP contribution in [0.3, 0.4) is 0 Å². The summed E-state index contributed by atoms with van der Waals surface area (Å²) in [6.45, 7) is 0. The van der Waals surface area contributed by atoms with Gasteiger partial charge in [0.1, 0.15) is 5.75 Å². The van der Waals surface area contributed by atoms with E-state index in [0.717, 1.165) is 5.56 Å². The summed E-state index contributed by atoms with van der Waals surface area (Å²) in [5, 5.41) is -0.876. The fraction of sp³-hybridized carbons (Fsp3) is 0. The maximum Gasteiger partial charge on any atom is 0.256 e. The van der Waals surface area contributed by atoms with E-state index in [1.807, 2.05) is 30.3 Å². The molecule has 0 radical (unpaired) electrons. The molecule has 0 aromatic heterocycles. The van der Waals surface area contributed by atoms with E-state index in [1.54, 1.807) is 36.4 Å². The molecule has 0 N–H and O–H groups in total. The Hall–Kier alpha value is -3.24. The van der Waals surface area contributed by atoms with Crippen molar-refractivity contribution in [1.29, 1.82) is 0 Å². The van der Waals surface area contributed by atoms with Gasteiger partial charge in [0, 0.05) is 0 Å². The minimum absolute atomic E-state index is 0.151. The molecule has 0 bridgehead atoms. The molecule has 134 valence electrons. The summed E-state index contributed by atoms with van der Waals surface area (Å²) in [6.07, 6.45) is 2.85. The minimum Gasteiger partial charge on any atom is -0.453 e. The van der Waals surface area contributed by atoms with E-state index >= 15 is 0 Å². The summed E-state index contributed by atoms with van der Waals surface area (Å²) in [5.74, 6) is -1.55. The van der Waals surface area contributed by atoms with E-state index in [4.69, 9.17) is 16.3 Å². The van der Waals surface area contributed by atoms with Crippen molar-refractivity contribution in [3.05, 3.63) is 101 Å². The maximum absolute atomic E-state index is 15.0. The van der Waals surface area contributed by atoms with E-state index < -0.39 is 16.8 Å². The molecule has 0 unspecified atom stereocenters. The summed E-state index contributed by atoms with van der Waals surface area (Å²) in [4.78, 5) is 24.0. The van der Waals surface area contributed by atoms with Crippen molar-refractivity contribution in [3.8, 4) is 11.5 Å². The normalized spacial score (nSPS) is 10.7. The molecule has 0 spiro atoms. The zero-order valence-corrected chi connectivity index (χ0v) is 14.8. The van der Waals surface area contributed by atoms with Crippen molar-refractivity contribution in [2.75, 3.05) is 0 Å². The third kappa shape index (κ3) is 4.49. The van der Waals surface area contributed by atoms with Crippen LogP contribution in [-0.2, 0) is 0 Å². The van der Waals surface area contributed by atoms with Gasteiger partial charge in [-0.1, -0.05) is 54.6 Å². The summed E-state index contributed by atoms with van der Waals surface area (Å²) in [5.41, 5.74) is 0.441. The van der Waals surface area contributed by atoms with Crippen LogP contribution in [0.4, 0.5) is 4.39 Å². The van der Waals surface area contributed by atoms with Gasteiger partial charge in [0.15, 0.2) is 17.3 Å². The number of ketones is 1. The SMILES string of the molecule is O=C(C=Cc1ccccc1)c1ccc(C(=O)Cl)c(Oc2ccccc2)c1F. The van der Waals surface area contributed by atoms with Crippen molar-refractivity contribution in [2.24, 2.45) is 0 Å². The summed E-state index contributed by atoms with van der Waals surface area (Å²) >= 11 is 5.54. The molecule has 0 atom stereocenters. The van der Waals surface area contributed by atoms with Crippen LogP contribution in [0.5, 0.6) is 11.5 Å². The summed E-state index contributed by atoms with van der Waals surface area (Å²) in [7, 11) is 0. The van der Waals surface area contributed by atoms with Crippen molar-refractivity contribution in [3.63, 3.8) is 0 Å². The first-order chi connectivity index (χ1) is 13.1. The Morgan fingerprint density at radius 3 is 2.07 bits per heavy atom. The van der Waals surface area contributed by atoms with Gasteiger partial charge in [-0.2, -0.15) is 0 Å². The molecular formula is C22H14ClFO3. The van der Waals surface area contributed by atoms with Gasteiger partial charge in [0.05, 0.1) is 11.1 Å². The molecule has 3 aromatic carbocycles. The highest BCUT2D eigenvalue weighted by Gasteiger charge is 2.22. The Balaban J connectivity index is 1.97. The quantitative estimate of drug-likeness (QED) is 0.304. The molecule has 0 saturated carbocycles. The van der Waals surface area contributed by atoms with Gasteiger partial charge in [-0.05, 0) is 47.5 Å². The average Bonchev–Trinajstić information content (AvgIpc) is 2.69. The van der Waals surface area contributed by atoms with Crippen LogP contribution < -0.4 is 4.74 Å². The van der Waals surface area contributed by atoms with Crippen LogP contribution in [0.15, 0.2) is 78.9 Å². The first kappa shape index (κ1) is 18.5. The molecular weight excluding hydrogens is 367 g/mol. The molecule has 3 nitrogen and oxygen atoms in total. The minimum atomic E-state index is -0.937. The second kappa shape index (κ2) is 8.43. The number of benzene rings is 3. The highest BCUT2D eigenvalue weighted by atomic mass is 35.5. The van der Waals surface area contributed by atoms with E-state index in [1.165, 1.54) is 18.2 Å². The molecule has 0 fully saturated rings. The predicted molar refractivity (Wildman–Crippen MR) is 103 cm³/mol. The van der Waals surface area contributed by atoms with E-state index in [9.17, 15) is 14.0 Å². The molecule has 0 aliphatic rings. The monoisotopic (exact) mass is 380 g/mol. The van der Waals surface area contributed by atoms with Crippen LogP contribution in [0, 0.1) is 5.82 Å². The zero-order valence-electron chi connectivity index (χ0n) is 14.1. The summed E-state index contributed by atoms with van der Waals surface area (Å²) < 4.78 is 20.5. The Morgan fingerprint density at radius 2 is 1.44 bits per heavy atom. The molecule has 0 heterocycles. The molecule has 5 heteroatoms. The van der Waals surface area contributed by atoms with Gasteiger partial charge in [-0.3, -0.25) is 9.59 Å². The van der Waals surface area contributed by atoms with Gasteiger partial charge in [0.2, 0.25) is 0 Å². The number of hydrogen-bond acceptors (Lipinski definition) is 3. The van der Waals surface area contributed by atoms with Crippen molar-refractivity contribution < 1.29 is 18.7 Å². The lowest BCUT2D eigenvalue weighted by Gasteiger charge is -2.12. The Bertz CT molecular complexity index is 999. The molecule has 0 saturated heterocycles. The highest BCUT2D eigenvalue weighted by molar-refractivity contribution is 6.68. The molecule has 3 rings (SSSR count). The fourth-order valence-electron chi connectivity index (χ4n) is 2.43. The Kier molecular flexibility index (Phi) is 5.79. The topological polar surface area (TPSA) is 43.4 Å². The average molecular weight is 381 g/mol. The maximum atomic E-state index is 15.0. The van der Waals surface area contributed by atoms with Crippen molar-refractivity contribution >= 4 is 28.7 Å². The second-order valence-electron chi connectivity index (χ2n) is 5.60. The van der Waals surface area contributed by atoms with Crippen molar-refractivity contribution in [1.82, 2.24) is 0 Å². The smallest absolute Gasteiger partial charge is 0.256 e. The second-order valence-corrected chi connectivity index (χ2v) is 5.94. The van der Waals surface area contributed by atoms with Crippen LogP contribution in [0.25, 0.3) is 6.08 Å². The number of rotatable bonds is 6. The molecule has 0 amide bonds. The first-order valence-corrected chi connectivity index (χ1v) is 8.47. The third-order valence-corrected chi connectivity index (χ3v) is 3.97. The zero-order chi connectivity index (χ0) is 19.2. The molecule has 0 aliphatic carbocycles. The van der Waals surface area contributed by atoms with Gasteiger partial charge < -0.3 is 4.74 Å². The Morgan fingerprint density at radius 1 is 0.852 bits per heavy atom. The van der Waals surface area contributed by atoms with Gasteiger partial charge >= 0.3 is 0 Å². The number of carbonyl (C=O) groups is 2. The lowest BCUT2D eigenvalue weighted by molar-refractivity contribution is 0.103. The lowest BCUT2D eigenvalue weighted by Crippen LogP contribution is -2.05. The number of allylic oxidation sites excluding steroid dienone is 1. The van der Waals surface area contributed by atoms with Crippen LogP contribution in [-0.4, -0.2) is 11.0 Å². The third-order valence-electron chi connectivity index (χ3n) is 3.76. The number of hydrogen-bond donors (Lipinski definition) is 0. The predicted octanol–water partition coefficient (Wildman–Crippen LogP) is 5.89. The standard InChI is InChI=1S/C22H14ClFO3/c23-22(26)18-13-12-17(19(25)14-11-15-7-3-1-4-8-15)20(24)21(18)27-16-9-5-2-6-10-16/h1-14H. The van der Waals surface area contributed by atoms with Gasteiger partial charge in [-0.25, -0.2) is 4.39 Å². The largest absolute Gasteiger partial charge is 0.453 e. The number of para-hydroxylation sites is 1. The van der Waals surface area contributed by atoms with Gasteiger partial charge in [0.25, 0.3) is 5.24 Å². The van der Waals surface area contributed by atoms with Crippen LogP contribution in [0.1, 0.15) is 26.3 Å². The summed E-state index contributed by atoms with van der Waals surface area (Å²) in [6, 6.07) is 20.0. The van der Waals surface area contributed by atoms with Crippen LogP contribution in [0.2, 0.25) is 0 Å². The van der Waals surface area contributed by atoms with E-state index in [2.05, 4.69) is 0 Å². The van der Waals surface area contributed by atoms with Crippen molar-refractivity contribution in [2.45, 2.75) is 0 Å². The highest BCUT2D eigenvalue weighted by Crippen LogP contribution is 2.32. The van der Waals surface area contributed by atoms with Gasteiger partial charge in [-0.15, -0.1) is 0 Å². The van der Waals surface area contributed by atoms with Crippen LogP contribution >= 0.6 is 11.6 Å². The molecule has 27 heavy (non-hydrogen) atoms. The van der Waals surface area contributed by atoms with E-state index in [0.29, 0.717) is 5.75 Å². The fourth-order valence-corrected chi connectivity index (χ4v) is 2.58. The Labute approximate surface area is 160 Å². The number of halogens is 2. The lowest BCUT2D eigenvalue weighted by atomic mass is 10.0. The molecule has 0 aliphatic heterocycles. The molecule has 3 aromatic rings.